The fourth-order valence-electron chi connectivity index (χ4n) is 3.02. The fraction of sp³-hybridized carbons (Fsp3) is 0.300. The van der Waals surface area contributed by atoms with Gasteiger partial charge in [0.2, 0.25) is 5.82 Å². The van der Waals surface area contributed by atoms with Gasteiger partial charge in [-0.1, -0.05) is 41.6 Å². The lowest BCUT2D eigenvalue weighted by atomic mass is 10.1. The summed E-state index contributed by atoms with van der Waals surface area (Å²) in [7, 11) is 0. The van der Waals surface area contributed by atoms with Gasteiger partial charge in [-0.15, -0.1) is 0 Å². The van der Waals surface area contributed by atoms with E-state index < -0.39 is 0 Å². The number of hydrogen-bond donors (Lipinski definition) is 1. The van der Waals surface area contributed by atoms with E-state index in [1.807, 2.05) is 36.0 Å². The molecule has 4 rings (SSSR count). The molecule has 2 aromatic carbocycles. The van der Waals surface area contributed by atoms with Crippen molar-refractivity contribution in [3.63, 3.8) is 0 Å². The maximum atomic E-state index is 5.64. The summed E-state index contributed by atoms with van der Waals surface area (Å²) >= 11 is 2.04. The third-order valence-electron chi connectivity index (χ3n) is 4.58. The van der Waals surface area contributed by atoms with Crippen LogP contribution in [0.5, 0.6) is 0 Å². The van der Waals surface area contributed by atoms with Crippen molar-refractivity contribution in [2.45, 2.75) is 13.1 Å². The van der Waals surface area contributed by atoms with Gasteiger partial charge in [-0.2, -0.15) is 16.7 Å². The SMILES string of the molecule is NCc1ccc(-c2noc(-c3ccc(CN4CCSCC4)cc3)n2)cc1. The van der Waals surface area contributed by atoms with Crippen molar-refractivity contribution in [2.75, 3.05) is 24.6 Å². The number of thioether (sulfide) groups is 1. The molecular formula is C20H22N4OS. The van der Waals surface area contributed by atoms with Crippen LogP contribution in [0, 0.1) is 0 Å². The Labute approximate surface area is 157 Å². The smallest absolute Gasteiger partial charge is 0.258 e. The Morgan fingerprint density at radius 3 is 2.27 bits per heavy atom. The summed E-state index contributed by atoms with van der Waals surface area (Å²) in [6, 6.07) is 16.3. The van der Waals surface area contributed by atoms with Crippen molar-refractivity contribution in [3.8, 4) is 22.8 Å². The average Bonchev–Trinajstić information content (AvgIpc) is 3.20. The van der Waals surface area contributed by atoms with Crippen LogP contribution >= 0.6 is 11.8 Å². The summed E-state index contributed by atoms with van der Waals surface area (Å²) in [4.78, 5) is 7.03. The molecule has 1 fully saturated rings. The number of aromatic nitrogens is 2. The average molecular weight is 366 g/mol. The van der Waals surface area contributed by atoms with Gasteiger partial charge in [0, 0.05) is 48.8 Å². The summed E-state index contributed by atoms with van der Waals surface area (Å²) < 4.78 is 5.45. The molecule has 26 heavy (non-hydrogen) atoms. The molecule has 0 radical (unpaired) electrons. The van der Waals surface area contributed by atoms with Crippen LogP contribution in [0.4, 0.5) is 0 Å². The first-order valence-electron chi connectivity index (χ1n) is 8.84. The minimum atomic E-state index is 0.528. The molecule has 0 spiro atoms. The van der Waals surface area contributed by atoms with Crippen LogP contribution in [0.3, 0.4) is 0 Å². The quantitative estimate of drug-likeness (QED) is 0.746. The Balaban J connectivity index is 1.46. The number of benzene rings is 2. The molecule has 0 atom stereocenters. The summed E-state index contributed by atoms with van der Waals surface area (Å²) in [5.41, 5.74) is 9.91. The second-order valence-corrected chi connectivity index (χ2v) is 7.63. The zero-order valence-electron chi connectivity index (χ0n) is 14.6. The molecule has 0 bridgehead atoms. The van der Waals surface area contributed by atoms with Gasteiger partial charge in [0.25, 0.3) is 5.89 Å². The summed E-state index contributed by atoms with van der Waals surface area (Å²) in [6.45, 7) is 3.87. The standard InChI is InChI=1S/C20H22N4OS/c21-13-15-1-5-17(6-2-15)19-22-20(25-23-19)18-7-3-16(4-8-18)14-24-9-11-26-12-10-24/h1-8H,9-14,21H2. The van der Waals surface area contributed by atoms with E-state index in [1.165, 1.54) is 30.2 Å². The van der Waals surface area contributed by atoms with Crippen molar-refractivity contribution in [1.29, 1.82) is 0 Å². The van der Waals surface area contributed by atoms with Crippen molar-refractivity contribution in [1.82, 2.24) is 15.0 Å². The maximum Gasteiger partial charge on any atom is 0.258 e. The molecule has 0 saturated carbocycles. The summed E-state index contributed by atoms with van der Waals surface area (Å²) in [6.07, 6.45) is 0. The van der Waals surface area contributed by atoms with E-state index in [0.29, 0.717) is 18.3 Å². The summed E-state index contributed by atoms with van der Waals surface area (Å²) in [5.74, 6) is 3.60. The van der Waals surface area contributed by atoms with E-state index >= 15 is 0 Å². The molecule has 1 aromatic heterocycles. The van der Waals surface area contributed by atoms with Gasteiger partial charge in [0.1, 0.15) is 0 Å². The molecule has 1 aliphatic rings. The van der Waals surface area contributed by atoms with Crippen LogP contribution in [0.2, 0.25) is 0 Å². The van der Waals surface area contributed by atoms with Crippen LogP contribution in [0.25, 0.3) is 22.8 Å². The highest BCUT2D eigenvalue weighted by Gasteiger charge is 2.13. The molecule has 3 aromatic rings. The van der Waals surface area contributed by atoms with Gasteiger partial charge in [0.15, 0.2) is 0 Å². The Morgan fingerprint density at radius 2 is 1.58 bits per heavy atom. The van der Waals surface area contributed by atoms with Crippen molar-refractivity contribution < 1.29 is 4.52 Å². The lowest BCUT2D eigenvalue weighted by Gasteiger charge is -2.26. The van der Waals surface area contributed by atoms with Crippen LogP contribution in [0.15, 0.2) is 53.1 Å². The molecule has 1 saturated heterocycles. The van der Waals surface area contributed by atoms with Crippen LogP contribution in [-0.2, 0) is 13.1 Å². The van der Waals surface area contributed by atoms with E-state index in [9.17, 15) is 0 Å². The largest absolute Gasteiger partial charge is 0.334 e. The zero-order chi connectivity index (χ0) is 17.8. The van der Waals surface area contributed by atoms with E-state index in [0.717, 1.165) is 23.2 Å². The molecule has 0 unspecified atom stereocenters. The molecule has 5 nitrogen and oxygen atoms in total. The monoisotopic (exact) mass is 366 g/mol. The van der Waals surface area contributed by atoms with E-state index in [-0.39, 0.29) is 0 Å². The van der Waals surface area contributed by atoms with Crippen LogP contribution in [-0.4, -0.2) is 39.6 Å². The number of nitrogens with two attached hydrogens (primary N) is 1. The van der Waals surface area contributed by atoms with Gasteiger partial charge in [-0.05, 0) is 23.3 Å². The van der Waals surface area contributed by atoms with Crippen LogP contribution < -0.4 is 5.73 Å². The van der Waals surface area contributed by atoms with E-state index in [4.69, 9.17) is 10.3 Å². The van der Waals surface area contributed by atoms with Gasteiger partial charge < -0.3 is 10.3 Å². The van der Waals surface area contributed by atoms with Crippen LogP contribution in [0.1, 0.15) is 11.1 Å². The molecule has 1 aliphatic heterocycles. The third kappa shape index (κ3) is 3.98. The van der Waals surface area contributed by atoms with Crippen molar-refractivity contribution >= 4 is 11.8 Å². The highest BCUT2D eigenvalue weighted by Crippen LogP contribution is 2.23. The lowest BCUT2D eigenvalue weighted by molar-refractivity contribution is 0.294. The van der Waals surface area contributed by atoms with Crippen molar-refractivity contribution in [2.24, 2.45) is 5.73 Å². The molecule has 0 aliphatic carbocycles. The van der Waals surface area contributed by atoms with E-state index in [1.54, 1.807) is 0 Å². The minimum absolute atomic E-state index is 0.528. The minimum Gasteiger partial charge on any atom is -0.334 e. The first-order valence-corrected chi connectivity index (χ1v) is 10.00. The maximum absolute atomic E-state index is 5.64. The highest BCUT2D eigenvalue weighted by atomic mass is 32.2. The number of nitrogens with zero attached hydrogens (tertiary/aromatic N) is 3. The molecule has 2 heterocycles. The normalized spacial score (nSPS) is 15.3. The van der Waals surface area contributed by atoms with Gasteiger partial charge in [0.05, 0.1) is 0 Å². The van der Waals surface area contributed by atoms with Gasteiger partial charge in [-0.3, -0.25) is 4.90 Å². The Morgan fingerprint density at radius 1 is 0.923 bits per heavy atom. The second kappa shape index (κ2) is 8.03. The molecule has 2 N–H and O–H groups in total. The lowest BCUT2D eigenvalue weighted by Crippen LogP contribution is -2.31. The number of rotatable bonds is 5. The predicted octanol–water partition coefficient (Wildman–Crippen LogP) is 3.41. The Hall–Kier alpha value is -2.15. The number of hydrogen-bond acceptors (Lipinski definition) is 6. The molecule has 6 heteroatoms. The highest BCUT2D eigenvalue weighted by molar-refractivity contribution is 7.99. The second-order valence-electron chi connectivity index (χ2n) is 6.41. The Kier molecular flexibility index (Phi) is 5.34. The fourth-order valence-corrected chi connectivity index (χ4v) is 4.00. The molecular weight excluding hydrogens is 344 g/mol. The van der Waals surface area contributed by atoms with Gasteiger partial charge >= 0.3 is 0 Å². The topological polar surface area (TPSA) is 68.2 Å². The zero-order valence-corrected chi connectivity index (χ0v) is 15.4. The first kappa shape index (κ1) is 17.3. The first-order chi connectivity index (χ1) is 12.8. The molecule has 134 valence electrons. The van der Waals surface area contributed by atoms with Crippen molar-refractivity contribution in [3.05, 3.63) is 59.7 Å². The Bertz CT molecular complexity index is 839. The predicted molar refractivity (Wildman–Crippen MR) is 106 cm³/mol. The summed E-state index contributed by atoms with van der Waals surface area (Å²) in [5, 5.41) is 4.11. The third-order valence-corrected chi connectivity index (χ3v) is 5.53. The van der Waals surface area contributed by atoms with Gasteiger partial charge in [-0.25, -0.2) is 0 Å². The molecule has 0 amide bonds. The van der Waals surface area contributed by atoms with E-state index in [2.05, 4.69) is 39.3 Å².